The molecule has 2 rings (SSSR count). The van der Waals surface area contributed by atoms with Crippen molar-refractivity contribution < 1.29 is 21.6 Å². The third kappa shape index (κ3) is 4.02. The van der Waals surface area contributed by atoms with Crippen LogP contribution in [0.1, 0.15) is 18.4 Å². The third-order valence-electron chi connectivity index (χ3n) is 3.27. The number of hydrogen-bond acceptors (Lipinski definition) is 3. The fraction of sp³-hybridized carbons (Fsp3) is 0.500. The molecule has 2 N–H and O–H groups in total. The zero-order valence-corrected chi connectivity index (χ0v) is 12.4. The first kappa shape index (κ1) is 16.4. The number of benzene rings is 1. The van der Waals surface area contributed by atoms with Crippen molar-refractivity contribution >= 4 is 27.3 Å². The minimum atomic E-state index is -4.52. The van der Waals surface area contributed by atoms with Crippen LogP contribution in [0.25, 0.3) is 0 Å². The number of rotatable bonds is 3. The number of alkyl halides is 3. The van der Waals surface area contributed by atoms with Crippen LogP contribution < -0.4 is 10.0 Å². The van der Waals surface area contributed by atoms with Gasteiger partial charge in [0.25, 0.3) is 0 Å². The van der Waals surface area contributed by atoms with E-state index in [9.17, 15) is 21.6 Å². The van der Waals surface area contributed by atoms with E-state index in [4.69, 9.17) is 11.6 Å². The van der Waals surface area contributed by atoms with E-state index in [1.807, 2.05) is 0 Å². The van der Waals surface area contributed by atoms with Crippen molar-refractivity contribution in [2.24, 2.45) is 0 Å². The van der Waals surface area contributed by atoms with Gasteiger partial charge >= 0.3 is 6.18 Å². The lowest BCUT2D eigenvalue weighted by molar-refractivity contribution is -0.137. The van der Waals surface area contributed by atoms with E-state index < -0.39 is 27.0 Å². The molecule has 1 aliphatic rings. The maximum Gasteiger partial charge on any atom is 0.416 e. The quantitative estimate of drug-likeness (QED) is 0.888. The van der Waals surface area contributed by atoms with Crippen molar-refractivity contribution in [3.8, 4) is 0 Å². The van der Waals surface area contributed by atoms with Gasteiger partial charge in [-0.1, -0.05) is 11.6 Å². The molecule has 118 valence electrons. The second kappa shape index (κ2) is 6.02. The maximum absolute atomic E-state index is 12.5. The number of halogens is 4. The Balaban J connectivity index is 2.19. The molecule has 1 fully saturated rings. The van der Waals surface area contributed by atoms with Crippen molar-refractivity contribution in [2.75, 3.05) is 17.8 Å². The van der Waals surface area contributed by atoms with Crippen LogP contribution in [0.4, 0.5) is 18.9 Å². The molecule has 0 spiro atoms. The van der Waals surface area contributed by atoms with Gasteiger partial charge < -0.3 is 5.32 Å². The average Bonchev–Trinajstić information content (AvgIpc) is 2.41. The molecule has 0 aromatic heterocycles. The van der Waals surface area contributed by atoms with Gasteiger partial charge in [-0.25, -0.2) is 8.42 Å². The molecule has 1 aromatic carbocycles. The Morgan fingerprint density at radius 2 is 1.86 bits per heavy atom. The van der Waals surface area contributed by atoms with Crippen molar-refractivity contribution in [1.29, 1.82) is 0 Å². The largest absolute Gasteiger partial charge is 0.416 e. The number of nitrogens with one attached hydrogen (secondary N) is 2. The normalized spacial score (nSPS) is 17.7. The van der Waals surface area contributed by atoms with E-state index in [0.717, 1.165) is 12.1 Å². The smallest absolute Gasteiger partial charge is 0.317 e. The number of piperidine rings is 1. The van der Waals surface area contributed by atoms with Gasteiger partial charge in [-0.05, 0) is 44.1 Å². The van der Waals surface area contributed by atoms with E-state index in [2.05, 4.69) is 10.0 Å². The first-order chi connectivity index (χ1) is 9.70. The second-order valence-electron chi connectivity index (χ2n) is 4.79. The molecule has 1 aromatic rings. The summed E-state index contributed by atoms with van der Waals surface area (Å²) >= 11 is 5.74. The summed E-state index contributed by atoms with van der Waals surface area (Å²) in [7, 11) is -3.66. The lowest BCUT2D eigenvalue weighted by Crippen LogP contribution is -2.38. The van der Waals surface area contributed by atoms with Crippen LogP contribution in [-0.4, -0.2) is 26.8 Å². The summed E-state index contributed by atoms with van der Waals surface area (Å²) in [6.07, 6.45) is -3.61. The van der Waals surface area contributed by atoms with Gasteiger partial charge in [0.05, 0.1) is 21.5 Å². The Bertz CT molecular complexity index is 613. The molecule has 0 unspecified atom stereocenters. The lowest BCUT2D eigenvalue weighted by Gasteiger charge is -2.23. The summed E-state index contributed by atoms with van der Waals surface area (Å²) in [5, 5.41) is 2.20. The molecule has 0 saturated carbocycles. The van der Waals surface area contributed by atoms with Crippen LogP contribution in [0.2, 0.25) is 5.02 Å². The minimum Gasteiger partial charge on any atom is -0.317 e. The van der Waals surface area contributed by atoms with Crippen LogP contribution in [0, 0.1) is 0 Å². The number of sulfonamides is 1. The standard InChI is InChI=1S/C12H14ClF3N2O2S/c13-10-7-8(12(14,15)16)1-2-11(10)18-21(19,20)9-3-5-17-6-4-9/h1-2,7,9,17-18H,3-6H2. The number of hydrogen-bond donors (Lipinski definition) is 2. The Kier molecular flexibility index (Phi) is 4.69. The molecule has 0 radical (unpaired) electrons. The van der Waals surface area contributed by atoms with Crippen molar-refractivity contribution in [3.63, 3.8) is 0 Å². The van der Waals surface area contributed by atoms with Crippen molar-refractivity contribution in [1.82, 2.24) is 5.32 Å². The summed E-state index contributed by atoms with van der Waals surface area (Å²) in [6.45, 7) is 1.18. The summed E-state index contributed by atoms with van der Waals surface area (Å²) in [6, 6.07) is 2.54. The van der Waals surface area contributed by atoms with E-state index in [-0.39, 0.29) is 10.7 Å². The van der Waals surface area contributed by atoms with E-state index in [0.29, 0.717) is 32.0 Å². The molecule has 21 heavy (non-hydrogen) atoms. The summed E-state index contributed by atoms with van der Waals surface area (Å²) in [5.74, 6) is 0. The molecule has 0 bridgehead atoms. The molecule has 0 amide bonds. The fourth-order valence-corrected chi connectivity index (χ4v) is 3.91. The van der Waals surface area contributed by atoms with E-state index in [1.165, 1.54) is 0 Å². The molecule has 0 atom stereocenters. The predicted octanol–water partition coefficient (Wildman–Crippen LogP) is 2.85. The second-order valence-corrected chi connectivity index (χ2v) is 7.16. The van der Waals surface area contributed by atoms with Crippen LogP contribution in [0.5, 0.6) is 0 Å². The Labute approximate surface area is 125 Å². The average molecular weight is 343 g/mol. The molecule has 1 aliphatic heterocycles. The SMILES string of the molecule is O=S(=O)(Nc1ccc(C(F)(F)F)cc1Cl)C1CCNCC1. The molecule has 1 heterocycles. The van der Waals surface area contributed by atoms with E-state index >= 15 is 0 Å². The molecule has 1 saturated heterocycles. The van der Waals surface area contributed by atoms with Gasteiger partial charge in [0, 0.05) is 0 Å². The van der Waals surface area contributed by atoms with Crippen LogP contribution in [0.15, 0.2) is 18.2 Å². The molecule has 0 aliphatic carbocycles. The molecule has 4 nitrogen and oxygen atoms in total. The highest BCUT2D eigenvalue weighted by Gasteiger charge is 2.32. The van der Waals surface area contributed by atoms with Gasteiger partial charge in [0.2, 0.25) is 10.0 Å². The Morgan fingerprint density at radius 1 is 1.24 bits per heavy atom. The fourth-order valence-electron chi connectivity index (χ4n) is 2.12. The highest BCUT2D eigenvalue weighted by Crippen LogP contribution is 2.34. The topological polar surface area (TPSA) is 58.2 Å². The zero-order chi connectivity index (χ0) is 15.7. The van der Waals surface area contributed by atoms with Gasteiger partial charge in [-0.2, -0.15) is 13.2 Å². The van der Waals surface area contributed by atoms with Crippen LogP contribution in [-0.2, 0) is 16.2 Å². The molecule has 9 heteroatoms. The van der Waals surface area contributed by atoms with Gasteiger partial charge in [-0.15, -0.1) is 0 Å². The first-order valence-electron chi connectivity index (χ1n) is 6.29. The van der Waals surface area contributed by atoms with Gasteiger partial charge in [0.1, 0.15) is 0 Å². The van der Waals surface area contributed by atoms with Crippen molar-refractivity contribution in [2.45, 2.75) is 24.3 Å². The van der Waals surface area contributed by atoms with Crippen LogP contribution >= 0.6 is 11.6 Å². The lowest BCUT2D eigenvalue weighted by atomic mass is 10.2. The Hall–Kier alpha value is -0.990. The highest BCUT2D eigenvalue weighted by molar-refractivity contribution is 7.93. The third-order valence-corrected chi connectivity index (χ3v) is 5.44. The zero-order valence-electron chi connectivity index (χ0n) is 10.9. The summed E-state index contributed by atoms with van der Waals surface area (Å²) in [4.78, 5) is 0. The highest BCUT2D eigenvalue weighted by atomic mass is 35.5. The number of anilines is 1. The van der Waals surface area contributed by atoms with E-state index in [1.54, 1.807) is 0 Å². The van der Waals surface area contributed by atoms with Crippen molar-refractivity contribution in [3.05, 3.63) is 28.8 Å². The van der Waals surface area contributed by atoms with Gasteiger partial charge in [-0.3, -0.25) is 4.72 Å². The Morgan fingerprint density at radius 3 is 2.38 bits per heavy atom. The summed E-state index contributed by atoms with van der Waals surface area (Å²) < 4.78 is 64.2. The maximum atomic E-state index is 12.5. The predicted molar refractivity (Wildman–Crippen MR) is 74.9 cm³/mol. The minimum absolute atomic E-state index is 0.0387. The molecular formula is C12H14ClF3N2O2S. The summed E-state index contributed by atoms with van der Waals surface area (Å²) in [5.41, 5.74) is -0.958. The monoisotopic (exact) mass is 342 g/mol. The van der Waals surface area contributed by atoms with Crippen LogP contribution in [0.3, 0.4) is 0 Å². The first-order valence-corrected chi connectivity index (χ1v) is 8.22. The van der Waals surface area contributed by atoms with Gasteiger partial charge in [0.15, 0.2) is 0 Å². The molecular weight excluding hydrogens is 329 g/mol.